The van der Waals surface area contributed by atoms with Gasteiger partial charge in [-0.25, -0.2) is 0 Å². The molecule has 74 valence electrons. The number of rotatable bonds is 2. The lowest BCUT2D eigenvalue weighted by atomic mass is 10.1. The maximum atomic E-state index is 6.20. The van der Waals surface area contributed by atoms with E-state index in [1.807, 2.05) is 0 Å². The molecule has 0 radical (unpaired) electrons. The van der Waals surface area contributed by atoms with E-state index < -0.39 is 0 Å². The van der Waals surface area contributed by atoms with Gasteiger partial charge in [-0.2, -0.15) is 0 Å². The van der Waals surface area contributed by atoms with Crippen LogP contribution in [0.15, 0.2) is 29.1 Å². The molecule has 14 heavy (non-hydrogen) atoms. The molecule has 0 fully saturated rings. The van der Waals surface area contributed by atoms with Crippen molar-refractivity contribution in [3.63, 3.8) is 0 Å². The van der Waals surface area contributed by atoms with Gasteiger partial charge in [-0.15, -0.1) is 22.9 Å². The number of furan rings is 1. The van der Waals surface area contributed by atoms with Crippen LogP contribution < -0.4 is 0 Å². The van der Waals surface area contributed by atoms with Crippen molar-refractivity contribution in [3.05, 3.63) is 44.5 Å². The van der Waals surface area contributed by atoms with E-state index in [2.05, 4.69) is 0 Å². The normalized spacial score (nSPS) is 13.1. The minimum absolute atomic E-state index is 0.301. The van der Waals surface area contributed by atoms with Gasteiger partial charge in [0.15, 0.2) is 0 Å². The Morgan fingerprint density at radius 1 is 1.36 bits per heavy atom. The average molecular weight is 268 g/mol. The van der Waals surface area contributed by atoms with Crippen LogP contribution in [0, 0.1) is 0 Å². The van der Waals surface area contributed by atoms with E-state index in [9.17, 15) is 0 Å². The van der Waals surface area contributed by atoms with Crippen molar-refractivity contribution in [3.8, 4) is 0 Å². The fourth-order valence-corrected chi connectivity index (χ4v) is 3.07. The Hall–Kier alpha value is -0.150. The van der Waals surface area contributed by atoms with Gasteiger partial charge in [0.05, 0.1) is 26.6 Å². The monoisotopic (exact) mass is 266 g/mol. The van der Waals surface area contributed by atoms with E-state index in [-0.39, 0.29) is 5.38 Å². The van der Waals surface area contributed by atoms with Crippen LogP contribution in [0.3, 0.4) is 0 Å². The van der Waals surface area contributed by atoms with Crippen molar-refractivity contribution in [1.29, 1.82) is 0 Å². The van der Waals surface area contributed by atoms with Gasteiger partial charge in [0.2, 0.25) is 0 Å². The Bertz CT molecular complexity index is 421. The molecule has 0 spiro atoms. The first-order valence-electron chi connectivity index (χ1n) is 3.79. The first-order chi connectivity index (χ1) is 6.68. The minimum atomic E-state index is -0.301. The highest BCUT2D eigenvalue weighted by molar-refractivity contribution is 7.20. The molecule has 0 amide bonds. The predicted octanol–water partition coefficient (Wildman–Crippen LogP) is 4.98. The molecule has 0 aromatic carbocycles. The van der Waals surface area contributed by atoms with Crippen molar-refractivity contribution in [2.75, 3.05) is 0 Å². The Kier molecular flexibility index (Phi) is 3.07. The topological polar surface area (TPSA) is 13.1 Å². The molecular weight excluding hydrogens is 263 g/mol. The molecule has 2 aromatic rings. The van der Waals surface area contributed by atoms with Crippen LogP contribution in [-0.2, 0) is 0 Å². The fraction of sp³-hybridized carbons (Fsp3) is 0.111. The largest absolute Gasteiger partial charge is 0.472 e. The Labute approximate surface area is 100 Å². The SMILES string of the molecule is Clc1cc(C(Cl)c2ccoc2)c(Cl)s1. The molecule has 1 atom stereocenters. The van der Waals surface area contributed by atoms with Crippen molar-refractivity contribution in [2.24, 2.45) is 0 Å². The van der Waals surface area contributed by atoms with Gasteiger partial charge in [0.1, 0.15) is 0 Å². The van der Waals surface area contributed by atoms with Crippen LogP contribution in [0.25, 0.3) is 0 Å². The predicted molar refractivity (Wildman–Crippen MR) is 60.7 cm³/mol. The van der Waals surface area contributed by atoms with Crippen molar-refractivity contribution in [1.82, 2.24) is 0 Å². The highest BCUT2D eigenvalue weighted by Crippen LogP contribution is 2.40. The van der Waals surface area contributed by atoms with Crippen LogP contribution in [-0.4, -0.2) is 0 Å². The summed E-state index contributed by atoms with van der Waals surface area (Å²) in [7, 11) is 0. The van der Waals surface area contributed by atoms with Crippen molar-refractivity contribution < 1.29 is 4.42 Å². The minimum Gasteiger partial charge on any atom is -0.472 e. The molecule has 0 saturated heterocycles. The van der Waals surface area contributed by atoms with Gasteiger partial charge >= 0.3 is 0 Å². The highest BCUT2D eigenvalue weighted by atomic mass is 35.5. The summed E-state index contributed by atoms with van der Waals surface area (Å²) in [5.74, 6) is 0. The number of hydrogen-bond donors (Lipinski definition) is 0. The van der Waals surface area contributed by atoms with E-state index in [1.165, 1.54) is 11.3 Å². The Balaban J connectivity index is 2.36. The molecule has 2 heterocycles. The molecular formula is C9H5Cl3OS. The number of hydrogen-bond acceptors (Lipinski definition) is 2. The quantitative estimate of drug-likeness (QED) is 0.700. The van der Waals surface area contributed by atoms with Crippen LogP contribution in [0.1, 0.15) is 16.5 Å². The summed E-state index contributed by atoms with van der Waals surface area (Å²) in [4.78, 5) is 0. The highest BCUT2D eigenvalue weighted by Gasteiger charge is 2.17. The van der Waals surface area contributed by atoms with Gasteiger partial charge in [-0.05, 0) is 12.1 Å². The van der Waals surface area contributed by atoms with Gasteiger partial charge in [-0.1, -0.05) is 23.2 Å². The summed E-state index contributed by atoms with van der Waals surface area (Å²) >= 11 is 19.3. The molecule has 1 nitrogen and oxygen atoms in total. The third-order valence-corrected chi connectivity index (χ3v) is 3.80. The third-order valence-electron chi connectivity index (χ3n) is 1.79. The van der Waals surface area contributed by atoms with Crippen LogP contribution in [0.2, 0.25) is 8.67 Å². The van der Waals surface area contributed by atoms with Gasteiger partial charge in [0, 0.05) is 11.1 Å². The lowest BCUT2D eigenvalue weighted by Gasteiger charge is -2.04. The van der Waals surface area contributed by atoms with E-state index >= 15 is 0 Å². The first-order valence-corrected chi connectivity index (χ1v) is 5.80. The van der Waals surface area contributed by atoms with E-state index in [0.29, 0.717) is 8.67 Å². The standard InChI is InChI=1S/C9H5Cl3OS/c10-7-3-6(9(12)14-7)8(11)5-1-2-13-4-5/h1-4,8H. The van der Waals surface area contributed by atoms with Crippen molar-refractivity contribution >= 4 is 46.1 Å². The van der Waals surface area contributed by atoms with Crippen LogP contribution in [0.5, 0.6) is 0 Å². The van der Waals surface area contributed by atoms with E-state index in [1.54, 1.807) is 24.7 Å². The van der Waals surface area contributed by atoms with Gasteiger partial charge in [0.25, 0.3) is 0 Å². The summed E-state index contributed by atoms with van der Waals surface area (Å²) < 4.78 is 6.21. The second kappa shape index (κ2) is 4.15. The summed E-state index contributed by atoms with van der Waals surface area (Å²) in [5.41, 5.74) is 1.70. The molecule has 0 bridgehead atoms. The molecule has 0 aliphatic carbocycles. The molecule has 2 aromatic heterocycles. The van der Waals surface area contributed by atoms with Gasteiger partial charge in [-0.3, -0.25) is 0 Å². The zero-order valence-electron chi connectivity index (χ0n) is 6.84. The van der Waals surface area contributed by atoms with Crippen LogP contribution in [0.4, 0.5) is 0 Å². The summed E-state index contributed by atoms with van der Waals surface area (Å²) in [6.07, 6.45) is 3.17. The zero-order valence-corrected chi connectivity index (χ0v) is 9.92. The molecule has 0 aliphatic rings. The summed E-state index contributed by atoms with van der Waals surface area (Å²) in [6.45, 7) is 0. The molecule has 1 unspecified atom stereocenters. The molecule has 2 rings (SSSR count). The lowest BCUT2D eigenvalue weighted by Crippen LogP contribution is -1.88. The van der Waals surface area contributed by atoms with E-state index in [4.69, 9.17) is 39.2 Å². The number of halogens is 3. The third kappa shape index (κ3) is 1.94. The summed E-state index contributed by atoms with van der Waals surface area (Å²) in [6, 6.07) is 3.58. The average Bonchev–Trinajstić information content (AvgIpc) is 2.73. The Morgan fingerprint density at radius 2 is 2.14 bits per heavy atom. The van der Waals surface area contributed by atoms with Crippen LogP contribution >= 0.6 is 46.1 Å². The maximum absolute atomic E-state index is 6.20. The Morgan fingerprint density at radius 3 is 2.64 bits per heavy atom. The number of alkyl halides is 1. The first kappa shape index (κ1) is 10.4. The maximum Gasteiger partial charge on any atom is 0.0994 e. The molecule has 0 aliphatic heterocycles. The molecule has 5 heteroatoms. The van der Waals surface area contributed by atoms with Crippen molar-refractivity contribution in [2.45, 2.75) is 5.38 Å². The number of thiophene rings is 1. The molecule has 0 saturated carbocycles. The van der Waals surface area contributed by atoms with Gasteiger partial charge < -0.3 is 4.42 Å². The zero-order chi connectivity index (χ0) is 10.1. The smallest absolute Gasteiger partial charge is 0.0994 e. The second-order valence-electron chi connectivity index (χ2n) is 2.70. The fourth-order valence-electron chi connectivity index (χ4n) is 1.12. The second-order valence-corrected chi connectivity index (χ2v) is 5.42. The molecule has 0 N–H and O–H groups in total. The summed E-state index contributed by atoms with van der Waals surface area (Å²) in [5, 5.41) is -0.301. The lowest BCUT2D eigenvalue weighted by molar-refractivity contribution is 0.564. The van der Waals surface area contributed by atoms with E-state index in [0.717, 1.165) is 11.1 Å².